The van der Waals surface area contributed by atoms with E-state index in [0.29, 0.717) is 5.39 Å². The molecule has 3 aromatic rings. The first kappa shape index (κ1) is 14.5. The monoisotopic (exact) mass is 293 g/mol. The van der Waals surface area contributed by atoms with Gasteiger partial charge in [0.25, 0.3) is 5.56 Å². The number of aryl methyl sites for hydroxylation is 1. The molecule has 0 aliphatic carbocycles. The van der Waals surface area contributed by atoms with Crippen LogP contribution in [0.25, 0.3) is 16.6 Å². The molecule has 0 fully saturated rings. The number of hydrogen-bond donors (Lipinski definition) is 1. The Kier molecular flexibility index (Phi) is 3.77. The molecule has 0 saturated carbocycles. The quantitative estimate of drug-likeness (QED) is 0.807. The molecule has 1 N–H and O–H groups in total. The van der Waals surface area contributed by atoms with Crippen molar-refractivity contribution in [1.82, 2.24) is 14.9 Å². The Morgan fingerprint density at radius 3 is 2.64 bits per heavy atom. The molecule has 0 bridgehead atoms. The van der Waals surface area contributed by atoms with E-state index in [2.05, 4.69) is 5.32 Å². The van der Waals surface area contributed by atoms with E-state index in [0.717, 1.165) is 22.6 Å². The standard InChI is InChI=1S/C18H19N3O/c1-12-7-6-8-14(11-12)21-17(13(2)19-3)20-16-10-5-4-9-15(16)18(21)22/h4-11,13,19H,1-3H3/t13-/m0/s1. The number of rotatable bonds is 3. The van der Waals surface area contributed by atoms with Crippen LogP contribution in [-0.2, 0) is 0 Å². The van der Waals surface area contributed by atoms with Gasteiger partial charge in [0.05, 0.1) is 22.6 Å². The first-order valence-corrected chi connectivity index (χ1v) is 7.38. The molecule has 3 rings (SSSR count). The maximum Gasteiger partial charge on any atom is 0.266 e. The summed E-state index contributed by atoms with van der Waals surface area (Å²) in [5, 5.41) is 3.81. The minimum absolute atomic E-state index is 0.0298. The van der Waals surface area contributed by atoms with Crippen molar-refractivity contribution in [3.8, 4) is 5.69 Å². The molecule has 0 amide bonds. The van der Waals surface area contributed by atoms with Gasteiger partial charge in [-0.25, -0.2) is 4.98 Å². The highest BCUT2D eigenvalue weighted by atomic mass is 16.1. The summed E-state index contributed by atoms with van der Waals surface area (Å²) in [5.74, 6) is 0.719. The topological polar surface area (TPSA) is 46.9 Å². The van der Waals surface area contributed by atoms with Crippen molar-refractivity contribution in [2.24, 2.45) is 0 Å². The van der Waals surface area contributed by atoms with E-state index in [1.165, 1.54) is 0 Å². The highest BCUT2D eigenvalue weighted by Gasteiger charge is 2.16. The number of nitrogens with one attached hydrogen (secondary N) is 1. The van der Waals surface area contributed by atoms with E-state index < -0.39 is 0 Å². The van der Waals surface area contributed by atoms with Crippen LogP contribution in [0, 0.1) is 6.92 Å². The van der Waals surface area contributed by atoms with Gasteiger partial charge in [-0.15, -0.1) is 0 Å². The van der Waals surface area contributed by atoms with Crippen molar-refractivity contribution in [2.45, 2.75) is 19.9 Å². The molecule has 1 atom stereocenters. The van der Waals surface area contributed by atoms with Crippen molar-refractivity contribution in [3.05, 3.63) is 70.3 Å². The van der Waals surface area contributed by atoms with Gasteiger partial charge < -0.3 is 5.32 Å². The zero-order chi connectivity index (χ0) is 15.7. The number of aromatic nitrogens is 2. The summed E-state index contributed by atoms with van der Waals surface area (Å²) in [5.41, 5.74) is 2.66. The predicted molar refractivity (Wildman–Crippen MR) is 89.6 cm³/mol. The normalized spacial score (nSPS) is 12.5. The fourth-order valence-electron chi connectivity index (χ4n) is 2.59. The Balaban J connectivity index is 2.40. The summed E-state index contributed by atoms with van der Waals surface area (Å²) in [6.45, 7) is 4.02. The fourth-order valence-corrected chi connectivity index (χ4v) is 2.59. The van der Waals surface area contributed by atoms with Crippen LogP contribution in [0.2, 0.25) is 0 Å². The molecule has 112 valence electrons. The van der Waals surface area contributed by atoms with Crippen molar-refractivity contribution < 1.29 is 0 Å². The molecular weight excluding hydrogens is 274 g/mol. The number of nitrogens with zero attached hydrogens (tertiary/aromatic N) is 2. The van der Waals surface area contributed by atoms with Crippen LogP contribution in [0.15, 0.2) is 53.3 Å². The third-order valence-corrected chi connectivity index (χ3v) is 3.88. The molecule has 4 nitrogen and oxygen atoms in total. The van der Waals surface area contributed by atoms with E-state index in [4.69, 9.17) is 4.98 Å². The minimum Gasteiger partial charge on any atom is -0.311 e. The number of para-hydroxylation sites is 1. The summed E-state index contributed by atoms with van der Waals surface area (Å²) >= 11 is 0. The van der Waals surface area contributed by atoms with Crippen LogP contribution in [0.4, 0.5) is 0 Å². The Bertz CT molecular complexity index is 883. The SMILES string of the molecule is CN[C@@H](C)c1nc2ccccc2c(=O)n1-c1cccc(C)c1. The Hall–Kier alpha value is -2.46. The second kappa shape index (κ2) is 5.73. The van der Waals surface area contributed by atoms with Gasteiger partial charge in [-0.05, 0) is 50.7 Å². The van der Waals surface area contributed by atoms with Crippen LogP contribution >= 0.6 is 0 Å². The minimum atomic E-state index is -0.0340. The maximum absolute atomic E-state index is 13.0. The van der Waals surface area contributed by atoms with Crippen molar-refractivity contribution in [3.63, 3.8) is 0 Å². The molecule has 4 heteroatoms. The summed E-state index contributed by atoms with van der Waals surface area (Å²) in [4.78, 5) is 17.7. The van der Waals surface area contributed by atoms with E-state index in [-0.39, 0.29) is 11.6 Å². The third kappa shape index (κ3) is 2.42. The summed E-state index contributed by atoms with van der Waals surface area (Å²) in [6.07, 6.45) is 0. The van der Waals surface area contributed by atoms with Gasteiger partial charge in [0, 0.05) is 0 Å². The first-order chi connectivity index (χ1) is 10.6. The second-order valence-corrected chi connectivity index (χ2v) is 5.48. The molecule has 0 aliphatic heterocycles. The first-order valence-electron chi connectivity index (χ1n) is 7.38. The molecule has 0 aliphatic rings. The molecular formula is C18H19N3O. The lowest BCUT2D eigenvalue weighted by molar-refractivity contribution is 0.589. The van der Waals surface area contributed by atoms with Gasteiger partial charge in [0.2, 0.25) is 0 Å². The largest absolute Gasteiger partial charge is 0.311 e. The molecule has 0 unspecified atom stereocenters. The van der Waals surface area contributed by atoms with Gasteiger partial charge in [-0.1, -0.05) is 24.3 Å². The lowest BCUT2D eigenvalue weighted by Gasteiger charge is -2.18. The smallest absolute Gasteiger partial charge is 0.266 e. The van der Waals surface area contributed by atoms with Crippen LogP contribution in [0.5, 0.6) is 0 Å². The Morgan fingerprint density at radius 1 is 1.14 bits per heavy atom. The summed E-state index contributed by atoms with van der Waals surface area (Å²) < 4.78 is 1.70. The molecule has 1 heterocycles. The molecule has 1 aromatic heterocycles. The van der Waals surface area contributed by atoms with Crippen LogP contribution < -0.4 is 10.9 Å². The summed E-state index contributed by atoms with van der Waals surface area (Å²) in [7, 11) is 1.87. The lowest BCUT2D eigenvalue weighted by Crippen LogP contribution is -2.28. The predicted octanol–water partition coefficient (Wildman–Crippen LogP) is 2.97. The van der Waals surface area contributed by atoms with E-state index in [1.54, 1.807) is 4.57 Å². The van der Waals surface area contributed by atoms with E-state index in [1.807, 2.05) is 69.4 Å². The van der Waals surface area contributed by atoms with Crippen LogP contribution in [-0.4, -0.2) is 16.6 Å². The molecule has 0 saturated heterocycles. The molecule has 0 radical (unpaired) electrons. The zero-order valence-corrected chi connectivity index (χ0v) is 13.0. The second-order valence-electron chi connectivity index (χ2n) is 5.48. The maximum atomic E-state index is 13.0. The van der Waals surface area contributed by atoms with Gasteiger partial charge in [0.1, 0.15) is 5.82 Å². The van der Waals surface area contributed by atoms with Gasteiger partial charge in [-0.3, -0.25) is 9.36 Å². The van der Waals surface area contributed by atoms with E-state index in [9.17, 15) is 4.79 Å². The van der Waals surface area contributed by atoms with Crippen molar-refractivity contribution >= 4 is 10.9 Å². The van der Waals surface area contributed by atoms with Gasteiger partial charge >= 0.3 is 0 Å². The van der Waals surface area contributed by atoms with Crippen molar-refractivity contribution in [2.75, 3.05) is 7.05 Å². The number of hydrogen-bond acceptors (Lipinski definition) is 3. The van der Waals surface area contributed by atoms with Crippen molar-refractivity contribution in [1.29, 1.82) is 0 Å². The number of fused-ring (bicyclic) bond motifs is 1. The third-order valence-electron chi connectivity index (χ3n) is 3.88. The highest BCUT2D eigenvalue weighted by molar-refractivity contribution is 5.77. The molecule has 2 aromatic carbocycles. The number of benzene rings is 2. The Labute approximate surface area is 129 Å². The fraction of sp³-hybridized carbons (Fsp3) is 0.222. The van der Waals surface area contributed by atoms with Gasteiger partial charge in [0.15, 0.2) is 0 Å². The zero-order valence-electron chi connectivity index (χ0n) is 13.0. The Morgan fingerprint density at radius 2 is 1.91 bits per heavy atom. The van der Waals surface area contributed by atoms with E-state index >= 15 is 0 Å². The average molecular weight is 293 g/mol. The molecule has 0 spiro atoms. The van der Waals surface area contributed by atoms with Crippen LogP contribution in [0.1, 0.15) is 24.4 Å². The van der Waals surface area contributed by atoms with Crippen LogP contribution in [0.3, 0.4) is 0 Å². The molecule has 22 heavy (non-hydrogen) atoms. The lowest BCUT2D eigenvalue weighted by atomic mass is 10.2. The average Bonchev–Trinajstić information content (AvgIpc) is 2.54. The van der Waals surface area contributed by atoms with Gasteiger partial charge in [-0.2, -0.15) is 0 Å². The highest BCUT2D eigenvalue weighted by Crippen LogP contribution is 2.18. The summed E-state index contributed by atoms with van der Waals surface area (Å²) in [6, 6.07) is 15.4.